The summed E-state index contributed by atoms with van der Waals surface area (Å²) in [7, 11) is -4.94. The van der Waals surface area contributed by atoms with Crippen LogP contribution in [0.2, 0.25) is 0 Å². The van der Waals surface area contributed by atoms with Crippen LogP contribution in [0.3, 0.4) is 0 Å². The van der Waals surface area contributed by atoms with Crippen LogP contribution in [0.5, 0.6) is 0 Å². The lowest BCUT2D eigenvalue weighted by Crippen LogP contribution is -2.68. The first-order valence-electron chi connectivity index (χ1n) is 2.17. The van der Waals surface area contributed by atoms with Gasteiger partial charge in [0, 0.05) is 4.52 Å². The van der Waals surface area contributed by atoms with E-state index < -0.39 is 10.2 Å². The summed E-state index contributed by atoms with van der Waals surface area (Å²) < 4.78 is 37.7. The average Bonchev–Trinajstić information content (AvgIpc) is 2.07. The highest BCUT2D eigenvalue weighted by molar-refractivity contribution is 7.97. The fourth-order valence-corrected chi connectivity index (χ4v) is 0.685. The molecule has 0 saturated heterocycles. The topological polar surface area (TPSA) is 119 Å². The SMILES string of the molecule is C1CSN=[NH+]1.[O-][Cl+3]([O-])([O-])[O-]. The number of nitrogens with zero attached hydrogens (tertiary/aromatic N) is 1. The van der Waals surface area contributed by atoms with Crippen LogP contribution in [0.25, 0.3) is 0 Å². The third-order valence-electron chi connectivity index (χ3n) is 0.434. The number of rotatable bonds is 0. The molecule has 0 fully saturated rings. The Morgan fingerprint density at radius 1 is 1.30 bits per heavy atom. The third kappa shape index (κ3) is 15.7. The molecular weight excluding hydrogens is 184 g/mol. The maximum atomic E-state index is 8.49. The Balaban J connectivity index is 0.000000162. The molecule has 0 aliphatic carbocycles. The third-order valence-corrected chi connectivity index (χ3v) is 1.08. The number of hydrogen-bond acceptors (Lipinski definition) is 6. The second kappa shape index (κ2) is 4.83. The first kappa shape index (κ1) is 10.1. The Morgan fingerprint density at radius 2 is 1.80 bits per heavy atom. The summed E-state index contributed by atoms with van der Waals surface area (Å²) in [6.45, 7) is 1.05. The normalized spacial score (nSPS) is 16.4. The fraction of sp³-hybridized carbons (Fsp3) is 1.00. The highest BCUT2D eigenvalue weighted by Crippen LogP contribution is 1.95. The van der Waals surface area contributed by atoms with Gasteiger partial charge < -0.3 is 0 Å². The second-order valence-electron chi connectivity index (χ2n) is 1.21. The van der Waals surface area contributed by atoms with E-state index in [1.165, 1.54) is 0 Å². The van der Waals surface area contributed by atoms with Crippen molar-refractivity contribution in [2.45, 2.75) is 0 Å². The van der Waals surface area contributed by atoms with E-state index in [-0.39, 0.29) is 0 Å². The Kier molecular flexibility index (Phi) is 4.87. The van der Waals surface area contributed by atoms with Crippen LogP contribution in [0.15, 0.2) is 4.52 Å². The summed E-state index contributed by atoms with van der Waals surface area (Å²) in [5.74, 6) is 1.14. The van der Waals surface area contributed by atoms with Crippen molar-refractivity contribution in [2.75, 3.05) is 12.3 Å². The highest BCUT2D eigenvalue weighted by atomic mass is 35.7. The van der Waals surface area contributed by atoms with Gasteiger partial charge in [0.1, 0.15) is 0 Å². The van der Waals surface area contributed by atoms with Crippen molar-refractivity contribution in [3.63, 3.8) is 0 Å². The van der Waals surface area contributed by atoms with Crippen molar-refractivity contribution in [1.29, 1.82) is 0 Å². The molecule has 1 rings (SSSR count). The van der Waals surface area contributed by atoms with Crippen LogP contribution >= 0.6 is 11.9 Å². The molecule has 0 aromatic heterocycles. The fourth-order valence-electron chi connectivity index (χ4n) is 0.228. The summed E-state index contributed by atoms with van der Waals surface area (Å²) in [6, 6.07) is 0. The van der Waals surface area contributed by atoms with Gasteiger partial charge in [0.15, 0.2) is 6.54 Å². The van der Waals surface area contributed by atoms with E-state index in [0.29, 0.717) is 0 Å². The Hall–Kier alpha value is 0.0800. The van der Waals surface area contributed by atoms with E-state index in [4.69, 9.17) is 18.6 Å². The lowest BCUT2D eigenvalue weighted by molar-refractivity contribution is -2.00. The van der Waals surface area contributed by atoms with E-state index in [9.17, 15) is 0 Å². The smallest absolute Gasteiger partial charge is 0.177 e. The van der Waals surface area contributed by atoms with Crippen LogP contribution in [-0.2, 0) is 0 Å². The summed E-state index contributed by atoms with van der Waals surface area (Å²) >= 11 is 1.59. The van der Waals surface area contributed by atoms with E-state index in [0.717, 1.165) is 12.3 Å². The highest BCUT2D eigenvalue weighted by Gasteiger charge is 1.96. The molecule has 0 aromatic carbocycles. The van der Waals surface area contributed by atoms with Gasteiger partial charge in [-0.3, -0.25) is 0 Å². The van der Waals surface area contributed by atoms with Crippen LogP contribution in [0, 0.1) is 10.2 Å². The molecule has 1 N–H and O–H groups in total. The van der Waals surface area contributed by atoms with Crippen molar-refractivity contribution < 1.29 is 34.0 Å². The summed E-state index contributed by atoms with van der Waals surface area (Å²) in [5.41, 5.74) is 0. The van der Waals surface area contributed by atoms with E-state index in [1.807, 2.05) is 0 Å². The largest absolute Gasteiger partial charge is 0.222 e. The van der Waals surface area contributed by atoms with E-state index >= 15 is 0 Å². The molecule has 1 aliphatic heterocycles. The molecule has 60 valence electrons. The molecule has 0 radical (unpaired) electrons. The molecule has 0 bridgehead atoms. The summed E-state index contributed by atoms with van der Waals surface area (Å²) in [6.07, 6.45) is 0. The minimum Gasteiger partial charge on any atom is -0.222 e. The van der Waals surface area contributed by atoms with Gasteiger partial charge in [-0.15, -0.1) is 15.4 Å². The molecule has 0 aromatic rings. The Morgan fingerprint density at radius 3 is 1.90 bits per heavy atom. The van der Waals surface area contributed by atoms with Crippen molar-refractivity contribution in [3.8, 4) is 0 Å². The van der Waals surface area contributed by atoms with E-state index in [2.05, 4.69) is 9.63 Å². The van der Waals surface area contributed by atoms with Crippen molar-refractivity contribution >= 4 is 11.9 Å². The predicted octanol–water partition coefficient (Wildman–Crippen LogP) is -5.57. The van der Waals surface area contributed by atoms with Crippen LogP contribution < -0.4 is 23.8 Å². The number of nitrogens with one attached hydrogen (secondary N) is 1. The zero-order chi connectivity index (χ0) is 8.04. The first-order chi connectivity index (χ1) is 4.50. The Labute approximate surface area is 63.4 Å². The molecule has 1 heterocycles. The molecule has 0 atom stereocenters. The molecule has 0 spiro atoms. The molecule has 0 unspecified atom stereocenters. The van der Waals surface area contributed by atoms with E-state index in [1.54, 1.807) is 11.9 Å². The minimum atomic E-state index is -4.94. The maximum Gasteiger partial charge on any atom is 0.177 e. The number of hydrogen-bond donors (Lipinski definition) is 1. The van der Waals surface area contributed by atoms with Crippen LogP contribution in [-0.4, -0.2) is 12.3 Å². The van der Waals surface area contributed by atoms with Crippen molar-refractivity contribution in [2.24, 2.45) is 4.52 Å². The molecule has 0 amide bonds. The summed E-state index contributed by atoms with van der Waals surface area (Å²) in [5, 5.41) is 2.81. The maximum absolute atomic E-state index is 8.49. The zero-order valence-corrected chi connectivity index (χ0v) is 6.35. The lowest BCUT2D eigenvalue weighted by Gasteiger charge is -2.17. The molecule has 10 heavy (non-hydrogen) atoms. The van der Waals surface area contributed by atoms with Gasteiger partial charge in [0.2, 0.25) is 0 Å². The van der Waals surface area contributed by atoms with Crippen molar-refractivity contribution in [1.82, 2.24) is 0 Å². The second-order valence-corrected chi connectivity index (χ2v) is 2.82. The molecule has 1 aliphatic rings. The minimum absolute atomic E-state index is 1.05. The van der Waals surface area contributed by atoms with Gasteiger partial charge in [0.05, 0.1) is 17.7 Å². The Bertz CT molecular complexity index is 102. The molecule has 0 saturated carbocycles. The average molecular weight is 189 g/mol. The van der Waals surface area contributed by atoms with Gasteiger partial charge in [0.25, 0.3) is 0 Å². The van der Waals surface area contributed by atoms with Gasteiger partial charge >= 0.3 is 0 Å². The van der Waals surface area contributed by atoms with Gasteiger partial charge in [-0.25, -0.2) is 18.6 Å². The number of halogens is 1. The monoisotopic (exact) mass is 188 g/mol. The van der Waals surface area contributed by atoms with Gasteiger partial charge in [-0.1, -0.05) is 0 Å². The molecule has 8 heteroatoms. The zero-order valence-electron chi connectivity index (χ0n) is 4.78. The van der Waals surface area contributed by atoms with Gasteiger partial charge in [-0.2, -0.15) is 0 Å². The lowest BCUT2D eigenvalue weighted by atomic mass is 10.8. The predicted molar refractivity (Wildman–Crippen MR) is 20.7 cm³/mol. The van der Waals surface area contributed by atoms with Crippen LogP contribution in [0.1, 0.15) is 0 Å². The van der Waals surface area contributed by atoms with Crippen LogP contribution in [0.4, 0.5) is 0 Å². The van der Waals surface area contributed by atoms with Crippen molar-refractivity contribution in [3.05, 3.63) is 0 Å². The summed E-state index contributed by atoms with van der Waals surface area (Å²) in [4.78, 5) is 0. The first-order valence-corrected chi connectivity index (χ1v) is 4.34. The standard InChI is InChI=1S/C2H4N2S.ClHO4/c1-2-5-4-3-1;2-1(3,4)5/h1-2H2;(H,2,3,4,5). The molecular formula is C2H5ClN2O4S. The quantitative estimate of drug-likeness (QED) is 0.380. The van der Waals surface area contributed by atoms with Gasteiger partial charge in [-0.05, 0) is 0 Å². The molecule has 6 nitrogen and oxygen atoms in total.